The average Bonchev–Trinajstić information content (AvgIpc) is 2.60. The van der Waals surface area contributed by atoms with Gasteiger partial charge in [0.25, 0.3) is 5.56 Å². The van der Waals surface area contributed by atoms with Gasteiger partial charge in [0.05, 0.1) is 12.8 Å². The van der Waals surface area contributed by atoms with Gasteiger partial charge in [-0.05, 0) is 49.1 Å². The molecule has 0 aliphatic carbocycles. The first-order chi connectivity index (χ1) is 12.8. The number of aromatic nitrogens is 2. The summed E-state index contributed by atoms with van der Waals surface area (Å²) in [5.41, 5.74) is 3.04. The van der Waals surface area contributed by atoms with E-state index in [1.54, 1.807) is 6.92 Å². The Morgan fingerprint density at radius 1 is 1.22 bits per heavy atom. The standard InChI is InChI=1S/C19H24N4O4/c1-12(2)11-27-15-6-4-14(5-7-15)10-20-23-17(24)9-8-16-13(3)21-19(26)22-18(16)25/h4-7,10,12H,8-9,11H2,1-3H3,(H,23,24)(H2,21,22,25,26)/b20-10+. The van der Waals surface area contributed by atoms with E-state index in [1.165, 1.54) is 6.21 Å². The molecule has 0 spiro atoms. The molecule has 1 aromatic heterocycles. The molecule has 1 heterocycles. The van der Waals surface area contributed by atoms with E-state index in [1.807, 2.05) is 24.3 Å². The van der Waals surface area contributed by atoms with Crippen LogP contribution < -0.4 is 21.4 Å². The molecular weight excluding hydrogens is 348 g/mol. The summed E-state index contributed by atoms with van der Waals surface area (Å²) >= 11 is 0. The summed E-state index contributed by atoms with van der Waals surface area (Å²) in [5, 5.41) is 3.91. The monoisotopic (exact) mass is 372 g/mol. The first kappa shape index (κ1) is 20.2. The molecule has 0 unspecified atom stereocenters. The maximum atomic E-state index is 11.9. The number of nitrogens with one attached hydrogen (secondary N) is 3. The van der Waals surface area contributed by atoms with Crippen molar-refractivity contribution >= 4 is 12.1 Å². The number of H-pyrrole nitrogens is 2. The number of aryl methyl sites for hydroxylation is 1. The van der Waals surface area contributed by atoms with Gasteiger partial charge < -0.3 is 9.72 Å². The second-order valence-electron chi connectivity index (χ2n) is 6.58. The topological polar surface area (TPSA) is 116 Å². The van der Waals surface area contributed by atoms with Crippen LogP contribution in [-0.2, 0) is 11.2 Å². The Labute approximate surface area is 156 Å². The van der Waals surface area contributed by atoms with Crippen LogP contribution in [0.25, 0.3) is 0 Å². The van der Waals surface area contributed by atoms with Crippen LogP contribution in [0.15, 0.2) is 39.0 Å². The number of hydrogen-bond acceptors (Lipinski definition) is 5. The minimum Gasteiger partial charge on any atom is -0.493 e. The Morgan fingerprint density at radius 3 is 2.56 bits per heavy atom. The van der Waals surface area contributed by atoms with Crippen LogP contribution in [0.5, 0.6) is 5.75 Å². The fourth-order valence-electron chi connectivity index (χ4n) is 2.31. The lowest BCUT2D eigenvalue weighted by Crippen LogP contribution is -2.28. The summed E-state index contributed by atoms with van der Waals surface area (Å²) in [6, 6.07) is 7.37. The first-order valence-corrected chi connectivity index (χ1v) is 8.72. The van der Waals surface area contributed by atoms with Crippen molar-refractivity contribution in [2.75, 3.05) is 6.61 Å². The third kappa shape index (κ3) is 6.58. The van der Waals surface area contributed by atoms with Crippen LogP contribution in [0.2, 0.25) is 0 Å². The van der Waals surface area contributed by atoms with Crippen molar-refractivity contribution in [3.63, 3.8) is 0 Å². The van der Waals surface area contributed by atoms with Gasteiger partial charge in [-0.3, -0.25) is 14.6 Å². The predicted molar refractivity (Wildman–Crippen MR) is 103 cm³/mol. The number of hydrazone groups is 1. The molecule has 0 saturated carbocycles. The SMILES string of the molecule is Cc1[nH]c(=O)[nH]c(=O)c1CCC(=O)N/N=C/c1ccc(OCC(C)C)cc1. The summed E-state index contributed by atoms with van der Waals surface area (Å²) in [4.78, 5) is 39.4. The van der Waals surface area contributed by atoms with Crippen molar-refractivity contribution in [1.29, 1.82) is 0 Å². The van der Waals surface area contributed by atoms with E-state index in [-0.39, 0.29) is 18.7 Å². The van der Waals surface area contributed by atoms with Crippen LogP contribution >= 0.6 is 0 Å². The highest BCUT2D eigenvalue weighted by atomic mass is 16.5. The molecule has 0 saturated heterocycles. The quantitative estimate of drug-likeness (QED) is 0.481. The molecule has 2 rings (SSSR count). The van der Waals surface area contributed by atoms with E-state index < -0.39 is 11.2 Å². The summed E-state index contributed by atoms with van der Waals surface area (Å²) in [5.74, 6) is 0.913. The van der Waals surface area contributed by atoms with Crippen molar-refractivity contribution in [3.05, 3.63) is 61.9 Å². The summed E-state index contributed by atoms with van der Waals surface area (Å²) in [6.07, 6.45) is 1.82. The van der Waals surface area contributed by atoms with E-state index in [4.69, 9.17) is 4.74 Å². The van der Waals surface area contributed by atoms with Gasteiger partial charge in [-0.2, -0.15) is 5.10 Å². The molecular formula is C19H24N4O4. The van der Waals surface area contributed by atoms with E-state index in [2.05, 4.69) is 34.3 Å². The van der Waals surface area contributed by atoms with Crippen molar-refractivity contribution in [2.45, 2.75) is 33.6 Å². The average molecular weight is 372 g/mol. The largest absolute Gasteiger partial charge is 0.493 e. The molecule has 1 aromatic carbocycles. The number of benzene rings is 1. The van der Waals surface area contributed by atoms with Gasteiger partial charge in [-0.1, -0.05) is 13.8 Å². The number of nitrogens with zero attached hydrogens (tertiary/aromatic N) is 1. The number of rotatable bonds is 8. The maximum Gasteiger partial charge on any atom is 0.325 e. The Hall–Kier alpha value is -3.16. The minimum atomic E-state index is -0.559. The van der Waals surface area contributed by atoms with E-state index in [0.717, 1.165) is 11.3 Å². The smallest absolute Gasteiger partial charge is 0.325 e. The zero-order valence-corrected chi connectivity index (χ0v) is 15.7. The third-order valence-corrected chi connectivity index (χ3v) is 3.72. The minimum absolute atomic E-state index is 0.0787. The van der Waals surface area contributed by atoms with Gasteiger partial charge >= 0.3 is 5.69 Å². The Bertz CT molecular complexity index is 911. The van der Waals surface area contributed by atoms with Crippen molar-refractivity contribution in [3.8, 4) is 5.75 Å². The Balaban J connectivity index is 1.83. The lowest BCUT2D eigenvalue weighted by atomic mass is 10.1. The number of aromatic amines is 2. The Morgan fingerprint density at radius 2 is 1.93 bits per heavy atom. The number of ether oxygens (including phenoxy) is 1. The molecule has 0 fully saturated rings. The predicted octanol–water partition coefficient (Wildman–Crippen LogP) is 1.49. The van der Waals surface area contributed by atoms with E-state index >= 15 is 0 Å². The lowest BCUT2D eigenvalue weighted by molar-refractivity contribution is -0.121. The van der Waals surface area contributed by atoms with Gasteiger partial charge in [0.1, 0.15) is 5.75 Å². The molecule has 0 aliphatic rings. The van der Waals surface area contributed by atoms with Gasteiger partial charge in [0, 0.05) is 17.7 Å². The van der Waals surface area contributed by atoms with E-state index in [0.29, 0.717) is 23.8 Å². The number of carbonyl (C=O) groups is 1. The molecule has 2 aromatic rings. The van der Waals surface area contributed by atoms with Gasteiger partial charge in [-0.15, -0.1) is 0 Å². The lowest BCUT2D eigenvalue weighted by Gasteiger charge is -2.08. The molecule has 8 heteroatoms. The maximum absolute atomic E-state index is 11.9. The molecule has 27 heavy (non-hydrogen) atoms. The van der Waals surface area contributed by atoms with Gasteiger partial charge in [0.15, 0.2) is 0 Å². The summed E-state index contributed by atoms with van der Waals surface area (Å²) in [6.45, 7) is 6.44. The molecule has 0 radical (unpaired) electrons. The second-order valence-corrected chi connectivity index (χ2v) is 6.58. The fourth-order valence-corrected chi connectivity index (χ4v) is 2.31. The van der Waals surface area contributed by atoms with Crippen molar-refractivity contribution < 1.29 is 9.53 Å². The number of amides is 1. The second kappa shape index (κ2) is 9.51. The summed E-state index contributed by atoms with van der Waals surface area (Å²) < 4.78 is 5.60. The number of hydrogen-bond donors (Lipinski definition) is 3. The van der Waals surface area contributed by atoms with E-state index in [9.17, 15) is 14.4 Å². The van der Waals surface area contributed by atoms with Crippen LogP contribution in [0.1, 0.15) is 37.1 Å². The molecule has 0 bridgehead atoms. The molecule has 144 valence electrons. The summed E-state index contributed by atoms with van der Waals surface area (Å²) in [7, 11) is 0. The highest BCUT2D eigenvalue weighted by molar-refractivity contribution is 5.82. The van der Waals surface area contributed by atoms with Crippen LogP contribution in [0, 0.1) is 12.8 Å². The highest BCUT2D eigenvalue weighted by Gasteiger charge is 2.08. The van der Waals surface area contributed by atoms with Crippen molar-refractivity contribution in [1.82, 2.24) is 15.4 Å². The van der Waals surface area contributed by atoms with Crippen molar-refractivity contribution in [2.24, 2.45) is 11.0 Å². The molecule has 0 atom stereocenters. The van der Waals surface area contributed by atoms with Gasteiger partial charge in [0.2, 0.25) is 5.91 Å². The molecule has 0 aliphatic heterocycles. The molecule has 1 amide bonds. The van der Waals surface area contributed by atoms with Crippen LogP contribution in [0.4, 0.5) is 0 Å². The third-order valence-electron chi connectivity index (χ3n) is 3.72. The van der Waals surface area contributed by atoms with Gasteiger partial charge in [-0.25, -0.2) is 10.2 Å². The highest BCUT2D eigenvalue weighted by Crippen LogP contribution is 2.12. The fraction of sp³-hybridized carbons (Fsp3) is 0.368. The first-order valence-electron chi connectivity index (χ1n) is 8.72. The Kier molecular flexibility index (Phi) is 7.10. The normalized spacial score (nSPS) is 11.1. The zero-order chi connectivity index (χ0) is 19.8. The molecule has 8 nitrogen and oxygen atoms in total. The zero-order valence-electron chi connectivity index (χ0n) is 15.7. The number of carbonyl (C=O) groups excluding carboxylic acids is 1. The van der Waals surface area contributed by atoms with Crippen LogP contribution in [-0.4, -0.2) is 28.7 Å². The van der Waals surface area contributed by atoms with Crippen LogP contribution in [0.3, 0.4) is 0 Å². The molecule has 3 N–H and O–H groups in total.